The van der Waals surface area contributed by atoms with Crippen LogP contribution in [0.2, 0.25) is 0 Å². The van der Waals surface area contributed by atoms with Crippen molar-refractivity contribution in [3.8, 4) is 11.3 Å². The molecule has 2 unspecified atom stereocenters. The quantitative estimate of drug-likeness (QED) is 0.860. The zero-order valence-electron chi connectivity index (χ0n) is 10.0. The topological polar surface area (TPSA) is 88.0 Å². The van der Waals surface area contributed by atoms with Gasteiger partial charge in [-0.05, 0) is 30.7 Å². The minimum atomic E-state index is -0.766. The van der Waals surface area contributed by atoms with E-state index in [2.05, 4.69) is 20.5 Å². The molecule has 2 atom stereocenters. The van der Waals surface area contributed by atoms with Gasteiger partial charge in [0, 0.05) is 24.0 Å². The summed E-state index contributed by atoms with van der Waals surface area (Å²) in [6.07, 6.45) is 4.06. The number of carboxylic acid groups (broad SMARTS) is 1. The van der Waals surface area contributed by atoms with E-state index in [9.17, 15) is 4.79 Å². The summed E-state index contributed by atoms with van der Waals surface area (Å²) in [4.78, 5) is 14.7. The van der Waals surface area contributed by atoms with Gasteiger partial charge >= 0.3 is 5.97 Å². The fourth-order valence-electron chi connectivity index (χ4n) is 1.89. The summed E-state index contributed by atoms with van der Waals surface area (Å²) in [6, 6.07) is 7.35. The molecule has 2 aromatic heterocycles. The molecule has 1 saturated carbocycles. The van der Waals surface area contributed by atoms with Gasteiger partial charge in [-0.3, -0.25) is 9.78 Å². The molecule has 1 aliphatic carbocycles. The van der Waals surface area contributed by atoms with Gasteiger partial charge in [0.2, 0.25) is 0 Å². The van der Waals surface area contributed by atoms with Crippen molar-refractivity contribution >= 4 is 11.8 Å². The molecule has 0 saturated heterocycles. The molecule has 0 aromatic carbocycles. The normalized spacial score (nSPS) is 20.8. The van der Waals surface area contributed by atoms with Gasteiger partial charge in [-0.25, -0.2) is 0 Å². The third kappa shape index (κ3) is 2.52. The first-order chi connectivity index (χ1) is 9.24. The van der Waals surface area contributed by atoms with Crippen molar-refractivity contribution in [3.05, 3.63) is 36.7 Å². The van der Waals surface area contributed by atoms with E-state index >= 15 is 0 Å². The van der Waals surface area contributed by atoms with Crippen molar-refractivity contribution in [3.63, 3.8) is 0 Å². The highest BCUT2D eigenvalue weighted by molar-refractivity contribution is 5.75. The molecule has 1 fully saturated rings. The number of hydrogen-bond acceptors (Lipinski definition) is 5. The number of nitrogens with one attached hydrogen (secondary N) is 1. The minimum absolute atomic E-state index is 0.0314. The van der Waals surface area contributed by atoms with E-state index in [-0.39, 0.29) is 12.0 Å². The summed E-state index contributed by atoms with van der Waals surface area (Å²) in [7, 11) is 0. The van der Waals surface area contributed by atoms with E-state index < -0.39 is 5.97 Å². The largest absolute Gasteiger partial charge is 0.481 e. The Balaban J connectivity index is 1.69. The van der Waals surface area contributed by atoms with Crippen LogP contribution in [-0.2, 0) is 4.79 Å². The summed E-state index contributed by atoms with van der Waals surface area (Å²) in [6.45, 7) is 0. The van der Waals surface area contributed by atoms with E-state index in [0.717, 1.165) is 11.3 Å². The van der Waals surface area contributed by atoms with Crippen molar-refractivity contribution in [2.45, 2.75) is 12.5 Å². The summed E-state index contributed by atoms with van der Waals surface area (Å²) < 4.78 is 0. The predicted octanol–water partition coefficient (Wildman–Crippen LogP) is 1.42. The highest BCUT2D eigenvalue weighted by Gasteiger charge is 2.43. The molecular formula is C13H12N4O2. The molecule has 6 nitrogen and oxygen atoms in total. The number of hydrogen-bond donors (Lipinski definition) is 2. The molecule has 0 bridgehead atoms. The number of nitrogens with zero attached hydrogens (tertiary/aromatic N) is 3. The number of aromatic nitrogens is 3. The molecule has 0 aliphatic heterocycles. The van der Waals surface area contributed by atoms with Gasteiger partial charge in [-0.1, -0.05) is 0 Å². The zero-order chi connectivity index (χ0) is 13.2. The number of aliphatic carboxylic acids is 1. The molecule has 96 valence electrons. The van der Waals surface area contributed by atoms with Crippen LogP contribution in [0.25, 0.3) is 11.3 Å². The lowest BCUT2D eigenvalue weighted by Gasteiger charge is -2.04. The third-order valence-corrected chi connectivity index (χ3v) is 3.06. The van der Waals surface area contributed by atoms with Crippen LogP contribution in [0, 0.1) is 5.92 Å². The van der Waals surface area contributed by atoms with Crippen molar-refractivity contribution in [2.75, 3.05) is 5.32 Å². The third-order valence-electron chi connectivity index (χ3n) is 3.06. The Labute approximate surface area is 109 Å². The number of carboxylic acids is 1. The zero-order valence-corrected chi connectivity index (χ0v) is 10.0. The van der Waals surface area contributed by atoms with Crippen molar-refractivity contribution in [2.24, 2.45) is 5.92 Å². The second kappa shape index (κ2) is 4.64. The molecule has 19 heavy (non-hydrogen) atoms. The second-order valence-electron chi connectivity index (χ2n) is 4.48. The molecule has 1 aliphatic rings. The maximum atomic E-state index is 10.7. The SMILES string of the molecule is O=C(O)C1CC1Nc1ccc(-c2cccnc2)nn1. The molecule has 6 heteroatoms. The lowest BCUT2D eigenvalue weighted by Crippen LogP contribution is -2.11. The van der Waals surface area contributed by atoms with Gasteiger partial charge < -0.3 is 10.4 Å². The molecule has 2 heterocycles. The van der Waals surface area contributed by atoms with Crippen LogP contribution in [0.15, 0.2) is 36.7 Å². The van der Waals surface area contributed by atoms with Crippen molar-refractivity contribution < 1.29 is 9.90 Å². The molecular weight excluding hydrogens is 244 g/mol. The Hall–Kier alpha value is -2.50. The molecule has 0 spiro atoms. The van der Waals surface area contributed by atoms with Crippen molar-refractivity contribution in [1.29, 1.82) is 0 Å². The molecule has 2 N–H and O–H groups in total. The average molecular weight is 256 g/mol. The summed E-state index contributed by atoms with van der Waals surface area (Å²) in [5, 5.41) is 20.0. The van der Waals surface area contributed by atoms with E-state index in [1.54, 1.807) is 18.5 Å². The Bertz CT molecular complexity index is 585. The lowest BCUT2D eigenvalue weighted by atomic mass is 10.2. The highest BCUT2D eigenvalue weighted by atomic mass is 16.4. The van der Waals surface area contributed by atoms with Crippen LogP contribution < -0.4 is 5.32 Å². The first-order valence-electron chi connectivity index (χ1n) is 5.97. The fourth-order valence-corrected chi connectivity index (χ4v) is 1.89. The lowest BCUT2D eigenvalue weighted by molar-refractivity contribution is -0.138. The van der Waals surface area contributed by atoms with Gasteiger partial charge in [0.15, 0.2) is 0 Å². The monoisotopic (exact) mass is 256 g/mol. The van der Waals surface area contributed by atoms with E-state index in [4.69, 9.17) is 5.11 Å². The van der Waals surface area contributed by atoms with Gasteiger partial charge in [0.1, 0.15) is 5.82 Å². The standard InChI is InChI=1S/C13H12N4O2/c18-13(19)9-6-11(9)15-12-4-3-10(16-17-12)8-2-1-5-14-7-8/h1-5,7,9,11H,6H2,(H,15,17)(H,18,19). The van der Waals surface area contributed by atoms with Gasteiger partial charge in [0.25, 0.3) is 0 Å². The van der Waals surface area contributed by atoms with Crippen LogP contribution in [0.5, 0.6) is 0 Å². The second-order valence-corrected chi connectivity index (χ2v) is 4.48. The molecule has 0 amide bonds. The fraction of sp³-hybridized carbons (Fsp3) is 0.231. The minimum Gasteiger partial charge on any atom is -0.481 e. The maximum absolute atomic E-state index is 10.7. The van der Waals surface area contributed by atoms with E-state index in [1.165, 1.54) is 0 Å². The smallest absolute Gasteiger partial charge is 0.308 e. The summed E-state index contributed by atoms with van der Waals surface area (Å²) in [5.74, 6) is -0.473. The summed E-state index contributed by atoms with van der Waals surface area (Å²) >= 11 is 0. The first kappa shape index (κ1) is 11.6. The number of rotatable bonds is 4. The van der Waals surface area contributed by atoms with Crippen LogP contribution in [0.4, 0.5) is 5.82 Å². The van der Waals surface area contributed by atoms with Crippen molar-refractivity contribution in [1.82, 2.24) is 15.2 Å². The van der Waals surface area contributed by atoms with Gasteiger partial charge in [-0.15, -0.1) is 10.2 Å². The van der Waals surface area contributed by atoms with E-state index in [1.807, 2.05) is 18.2 Å². The predicted molar refractivity (Wildman–Crippen MR) is 68.4 cm³/mol. The van der Waals surface area contributed by atoms with Crippen LogP contribution in [0.3, 0.4) is 0 Å². The Kier molecular flexibility index (Phi) is 2.83. The summed E-state index contributed by atoms with van der Waals surface area (Å²) in [5.41, 5.74) is 1.64. The van der Waals surface area contributed by atoms with Gasteiger partial charge in [0.05, 0.1) is 11.6 Å². The maximum Gasteiger partial charge on any atom is 0.308 e. The van der Waals surface area contributed by atoms with Gasteiger partial charge in [-0.2, -0.15) is 0 Å². The molecule has 3 rings (SSSR count). The highest BCUT2D eigenvalue weighted by Crippen LogP contribution is 2.33. The molecule has 0 radical (unpaired) electrons. The Morgan fingerprint density at radius 2 is 2.21 bits per heavy atom. The Morgan fingerprint density at radius 3 is 2.79 bits per heavy atom. The number of anilines is 1. The van der Waals surface area contributed by atoms with E-state index in [0.29, 0.717) is 12.2 Å². The molecule has 2 aromatic rings. The number of carbonyl (C=O) groups is 1. The first-order valence-corrected chi connectivity index (χ1v) is 5.97. The number of pyridine rings is 1. The van der Waals surface area contributed by atoms with Crippen LogP contribution in [-0.4, -0.2) is 32.3 Å². The average Bonchev–Trinajstić information content (AvgIpc) is 3.20. The Morgan fingerprint density at radius 1 is 1.32 bits per heavy atom. The van der Waals surface area contributed by atoms with Crippen LogP contribution >= 0.6 is 0 Å². The van der Waals surface area contributed by atoms with Crippen LogP contribution in [0.1, 0.15) is 6.42 Å².